The quantitative estimate of drug-likeness (QED) is 0.909. The van der Waals surface area contributed by atoms with Crippen molar-refractivity contribution in [3.63, 3.8) is 0 Å². The van der Waals surface area contributed by atoms with Crippen molar-refractivity contribution < 1.29 is 9.59 Å². The number of thiazole rings is 1. The Labute approximate surface area is 117 Å². The summed E-state index contributed by atoms with van der Waals surface area (Å²) in [6, 6.07) is 0. The van der Waals surface area contributed by atoms with Crippen LogP contribution in [0, 0.1) is 6.92 Å². The molecule has 0 saturated carbocycles. The van der Waals surface area contributed by atoms with Crippen LogP contribution in [0.5, 0.6) is 0 Å². The van der Waals surface area contributed by atoms with Gasteiger partial charge < -0.3 is 10.2 Å². The molecule has 1 aromatic rings. The highest BCUT2D eigenvalue weighted by Gasteiger charge is 2.43. The van der Waals surface area contributed by atoms with E-state index in [1.807, 2.05) is 20.8 Å². The van der Waals surface area contributed by atoms with Crippen molar-refractivity contribution >= 4 is 23.2 Å². The smallest absolute Gasteiger partial charge is 0.249 e. The first-order valence-electron chi connectivity index (χ1n) is 6.51. The Morgan fingerprint density at radius 2 is 2.11 bits per heavy atom. The number of aromatic nitrogens is 1. The molecule has 5 nitrogen and oxygen atoms in total. The maximum Gasteiger partial charge on any atom is 0.249 e. The van der Waals surface area contributed by atoms with Gasteiger partial charge in [-0.1, -0.05) is 13.8 Å². The number of hydrogen-bond acceptors (Lipinski definition) is 4. The van der Waals surface area contributed by atoms with E-state index in [1.165, 1.54) is 11.3 Å². The van der Waals surface area contributed by atoms with Crippen molar-refractivity contribution in [2.24, 2.45) is 0 Å². The van der Waals surface area contributed by atoms with E-state index in [-0.39, 0.29) is 18.4 Å². The normalized spacial score (nSPS) is 18.6. The third kappa shape index (κ3) is 2.49. The average Bonchev–Trinajstić information content (AvgIpc) is 2.79. The molecule has 1 fully saturated rings. The van der Waals surface area contributed by atoms with Gasteiger partial charge in [0, 0.05) is 4.88 Å². The van der Waals surface area contributed by atoms with Gasteiger partial charge >= 0.3 is 0 Å². The number of carbonyl (C=O) groups is 2. The molecule has 1 aromatic heterocycles. The molecule has 1 saturated heterocycles. The standard InChI is InChI=1S/C13H19N3O2S/c1-4-13(5-2)12(18)16(7-11(17)15-13)6-10-9(3)14-8-19-10/h8H,4-7H2,1-3H3,(H,15,17). The van der Waals surface area contributed by atoms with E-state index in [9.17, 15) is 9.59 Å². The van der Waals surface area contributed by atoms with Crippen molar-refractivity contribution in [3.05, 3.63) is 16.1 Å². The van der Waals surface area contributed by atoms with Crippen molar-refractivity contribution in [1.82, 2.24) is 15.2 Å². The molecule has 1 N–H and O–H groups in total. The second kappa shape index (κ2) is 5.28. The van der Waals surface area contributed by atoms with Crippen LogP contribution in [-0.2, 0) is 16.1 Å². The van der Waals surface area contributed by atoms with Gasteiger partial charge in [-0.15, -0.1) is 11.3 Å². The first-order chi connectivity index (χ1) is 9.02. The molecule has 0 unspecified atom stereocenters. The third-order valence-electron chi connectivity index (χ3n) is 3.80. The molecule has 1 aliphatic heterocycles. The average molecular weight is 281 g/mol. The molecule has 6 heteroatoms. The molecule has 19 heavy (non-hydrogen) atoms. The lowest BCUT2D eigenvalue weighted by Crippen LogP contribution is -2.65. The fourth-order valence-electron chi connectivity index (χ4n) is 2.42. The van der Waals surface area contributed by atoms with Crippen LogP contribution in [0.15, 0.2) is 5.51 Å². The van der Waals surface area contributed by atoms with Crippen molar-refractivity contribution in [1.29, 1.82) is 0 Å². The van der Waals surface area contributed by atoms with Gasteiger partial charge in [0.2, 0.25) is 11.8 Å². The molecule has 2 rings (SSSR count). The highest BCUT2D eigenvalue weighted by Crippen LogP contribution is 2.24. The molecular weight excluding hydrogens is 262 g/mol. The molecule has 0 atom stereocenters. The van der Waals surface area contributed by atoms with E-state index in [0.29, 0.717) is 19.4 Å². The summed E-state index contributed by atoms with van der Waals surface area (Å²) in [4.78, 5) is 31.3. The van der Waals surface area contributed by atoms with Gasteiger partial charge in [0.25, 0.3) is 0 Å². The molecule has 0 spiro atoms. The summed E-state index contributed by atoms with van der Waals surface area (Å²) in [5.74, 6) is -0.0598. The second-order valence-corrected chi connectivity index (χ2v) is 5.80. The van der Waals surface area contributed by atoms with Crippen LogP contribution in [0.1, 0.15) is 37.3 Å². The number of piperazine rings is 1. The first kappa shape index (κ1) is 14.0. The molecule has 104 valence electrons. The van der Waals surface area contributed by atoms with Crippen molar-refractivity contribution in [3.8, 4) is 0 Å². The summed E-state index contributed by atoms with van der Waals surface area (Å²) in [7, 11) is 0. The monoisotopic (exact) mass is 281 g/mol. The molecule has 2 amide bonds. The third-order valence-corrected chi connectivity index (χ3v) is 4.72. The van der Waals surface area contributed by atoms with Gasteiger partial charge in [-0.3, -0.25) is 9.59 Å². The highest BCUT2D eigenvalue weighted by molar-refractivity contribution is 7.09. The van der Waals surface area contributed by atoms with Crippen LogP contribution in [0.2, 0.25) is 0 Å². The maximum atomic E-state index is 12.6. The van der Waals surface area contributed by atoms with E-state index >= 15 is 0 Å². The molecule has 0 radical (unpaired) electrons. The molecule has 0 aromatic carbocycles. The number of hydrogen-bond donors (Lipinski definition) is 1. The molecule has 2 heterocycles. The van der Waals surface area contributed by atoms with E-state index in [2.05, 4.69) is 10.3 Å². The Kier molecular flexibility index (Phi) is 3.89. The predicted molar refractivity (Wildman–Crippen MR) is 73.7 cm³/mol. The fourth-order valence-corrected chi connectivity index (χ4v) is 3.21. The Morgan fingerprint density at radius 3 is 2.63 bits per heavy atom. The van der Waals surface area contributed by atoms with Crippen LogP contribution >= 0.6 is 11.3 Å². The minimum absolute atomic E-state index is 0.0184. The topological polar surface area (TPSA) is 62.3 Å². The van der Waals surface area contributed by atoms with Gasteiger partial charge in [-0.25, -0.2) is 4.98 Å². The lowest BCUT2D eigenvalue weighted by Gasteiger charge is -2.41. The first-order valence-corrected chi connectivity index (χ1v) is 7.39. The predicted octanol–water partition coefficient (Wildman–Crippen LogP) is 1.47. The number of nitrogens with zero attached hydrogens (tertiary/aromatic N) is 2. The Morgan fingerprint density at radius 1 is 1.42 bits per heavy atom. The minimum atomic E-state index is -0.728. The van der Waals surface area contributed by atoms with Gasteiger partial charge in [0.1, 0.15) is 12.1 Å². The van der Waals surface area contributed by atoms with Crippen LogP contribution in [0.3, 0.4) is 0 Å². The van der Waals surface area contributed by atoms with E-state index in [0.717, 1.165) is 10.6 Å². The summed E-state index contributed by atoms with van der Waals surface area (Å²) in [6.45, 7) is 6.40. The Bertz CT molecular complexity index is 494. The SMILES string of the molecule is CCC1(CC)NC(=O)CN(Cc2scnc2C)C1=O. The van der Waals surface area contributed by atoms with Gasteiger partial charge in [-0.05, 0) is 19.8 Å². The number of carbonyl (C=O) groups excluding carboxylic acids is 2. The van der Waals surface area contributed by atoms with Crippen LogP contribution in [0.4, 0.5) is 0 Å². The minimum Gasteiger partial charge on any atom is -0.340 e. The highest BCUT2D eigenvalue weighted by atomic mass is 32.1. The zero-order valence-corrected chi connectivity index (χ0v) is 12.3. The van der Waals surface area contributed by atoms with Crippen LogP contribution in [-0.4, -0.2) is 33.8 Å². The summed E-state index contributed by atoms with van der Waals surface area (Å²) in [5, 5.41) is 2.86. The number of amides is 2. The van der Waals surface area contributed by atoms with E-state index in [1.54, 1.807) is 10.4 Å². The molecule has 0 bridgehead atoms. The van der Waals surface area contributed by atoms with Crippen molar-refractivity contribution in [2.75, 3.05) is 6.54 Å². The zero-order chi connectivity index (χ0) is 14.0. The maximum absolute atomic E-state index is 12.6. The number of nitrogens with one attached hydrogen (secondary N) is 1. The molecule has 0 aliphatic carbocycles. The second-order valence-electron chi connectivity index (χ2n) is 4.86. The van der Waals surface area contributed by atoms with Crippen molar-refractivity contribution in [2.45, 2.75) is 45.7 Å². The molecule has 1 aliphatic rings. The molecular formula is C13H19N3O2S. The summed E-state index contributed by atoms with van der Waals surface area (Å²) >= 11 is 1.53. The largest absolute Gasteiger partial charge is 0.340 e. The van der Waals surface area contributed by atoms with Crippen LogP contribution < -0.4 is 5.32 Å². The number of rotatable bonds is 4. The van der Waals surface area contributed by atoms with Crippen LogP contribution in [0.25, 0.3) is 0 Å². The van der Waals surface area contributed by atoms with E-state index < -0.39 is 5.54 Å². The van der Waals surface area contributed by atoms with Gasteiger partial charge in [0.15, 0.2) is 0 Å². The fraction of sp³-hybridized carbons (Fsp3) is 0.615. The zero-order valence-electron chi connectivity index (χ0n) is 11.5. The van der Waals surface area contributed by atoms with Gasteiger partial charge in [0.05, 0.1) is 17.7 Å². The summed E-state index contributed by atoms with van der Waals surface area (Å²) in [5.41, 5.74) is 1.97. The summed E-state index contributed by atoms with van der Waals surface area (Å²) in [6.07, 6.45) is 1.23. The van der Waals surface area contributed by atoms with E-state index in [4.69, 9.17) is 0 Å². The Hall–Kier alpha value is -1.43. The number of aryl methyl sites for hydroxylation is 1. The Balaban J connectivity index is 2.23. The van der Waals surface area contributed by atoms with Gasteiger partial charge in [-0.2, -0.15) is 0 Å². The lowest BCUT2D eigenvalue weighted by atomic mass is 9.89. The summed E-state index contributed by atoms with van der Waals surface area (Å²) < 4.78 is 0. The lowest BCUT2D eigenvalue weighted by molar-refractivity contribution is -0.151.